The third kappa shape index (κ3) is 5.07. The number of carbonyl (C=O) groups is 3. The van der Waals surface area contributed by atoms with Crippen LogP contribution in [0.4, 0.5) is 26.3 Å². The summed E-state index contributed by atoms with van der Waals surface area (Å²) in [7, 11) is 0. The number of alkyl halides is 6. The number of hydrogen-bond donors (Lipinski definition) is 1. The molecular weight excluding hydrogens is 686 g/mol. The number of imide groups is 1. The molecule has 1 N–H and O–H groups in total. The molecule has 52 heavy (non-hydrogen) atoms. The standard InChI is InChI=1S/C40H38F6N2O4/c1-5-9-11-19(7-3)47-35(49)23-15-13-21-32-28(40(44,45)46)18-26-30-24(36(50)48(38(26)52)20(8-4)12-10-6-2)16-14-22(34(30)32)31-27(39(41,42)43)17-25(37(47)51)29(23)33(21)31/h13-20,35,49H,5-12H2,1-4H3. The fraction of sp³-hybridized carbons (Fsp3) is 0.425. The highest BCUT2D eigenvalue weighted by atomic mass is 19.4. The molecule has 3 unspecified atom stereocenters. The Balaban J connectivity index is 1.64. The number of aliphatic hydroxyl groups excluding tert-OH is 1. The van der Waals surface area contributed by atoms with E-state index in [0.29, 0.717) is 44.6 Å². The first kappa shape index (κ1) is 35.9. The second-order valence-electron chi connectivity index (χ2n) is 14.0. The average molecular weight is 725 g/mol. The van der Waals surface area contributed by atoms with Crippen LogP contribution in [0.2, 0.25) is 0 Å². The van der Waals surface area contributed by atoms with E-state index in [2.05, 4.69) is 0 Å². The smallest absolute Gasteiger partial charge is 0.369 e. The van der Waals surface area contributed by atoms with E-state index in [0.717, 1.165) is 23.8 Å². The molecule has 0 bridgehead atoms. The molecule has 0 saturated carbocycles. The molecule has 0 saturated heterocycles. The molecule has 12 heteroatoms. The third-order valence-electron chi connectivity index (χ3n) is 11.1. The van der Waals surface area contributed by atoms with Crippen LogP contribution in [-0.2, 0) is 12.4 Å². The van der Waals surface area contributed by atoms with Crippen LogP contribution in [-0.4, -0.2) is 44.7 Å². The van der Waals surface area contributed by atoms with E-state index in [1.807, 2.05) is 20.8 Å². The molecule has 2 aliphatic heterocycles. The van der Waals surface area contributed by atoms with Gasteiger partial charge in [-0.15, -0.1) is 0 Å². The number of nitrogens with zero attached hydrogens (tertiary/aromatic N) is 2. The van der Waals surface area contributed by atoms with Crippen molar-refractivity contribution in [2.75, 3.05) is 0 Å². The Morgan fingerprint density at radius 3 is 1.62 bits per heavy atom. The second kappa shape index (κ2) is 12.6. The molecule has 5 aromatic rings. The summed E-state index contributed by atoms with van der Waals surface area (Å²) in [6, 6.07) is 5.50. The molecule has 0 radical (unpaired) electrons. The maximum atomic E-state index is 15.2. The summed E-state index contributed by atoms with van der Waals surface area (Å²) >= 11 is 0. The SMILES string of the molecule is CCCCC(CC)N1C(=O)c2ccc3c4c(C(F)(F)F)cc5c6c(ccc(c7c(C(F)(F)F)cc(c2c37)C1=O)c64)C(O)N(C(CC)CCCC)C5=O. The van der Waals surface area contributed by atoms with E-state index >= 15 is 26.3 Å². The highest BCUT2D eigenvalue weighted by molar-refractivity contribution is 6.40. The summed E-state index contributed by atoms with van der Waals surface area (Å²) in [6.07, 6.45) is -7.05. The van der Waals surface area contributed by atoms with Crippen LogP contribution in [0.15, 0.2) is 36.4 Å². The van der Waals surface area contributed by atoms with E-state index in [1.54, 1.807) is 6.92 Å². The maximum absolute atomic E-state index is 15.2. The molecule has 0 fully saturated rings. The number of halogens is 6. The molecule has 5 aromatic carbocycles. The number of hydrogen-bond acceptors (Lipinski definition) is 4. The van der Waals surface area contributed by atoms with Crippen molar-refractivity contribution >= 4 is 60.8 Å². The number of benzene rings is 5. The van der Waals surface area contributed by atoms with Crippen LogP contribution < -0.4 is 0 Å². The molecule has 7 rings (SSSR count). The maximum Gasteiger partial charge on any atom is 0.417 e. The minimum Gasteiger partial charge on any atom is -0.369 e. The van der Waals surface area contributed by atoms with Crippen molar-refractivity contribution in [3.8, 4) is 0 Å². The van der Waals surface area contributed by atoms with Crippen molar-refractivity contribution in [2.45, 2.75) is 110 Å². The second-order valence-corrected chi connectivity index (χ2v) is 14.0. The van der Waals surface area contributed by atoms with Gasteiger partial charge in [0.1, 0.15) is 0 Å². The first-order valence-electron chi connectivity index (χ1n) is 17.9. The minimum atomic E-state index is -5.07. The summed E-state index contributed by atoms with van der Waals surface area (Å²) in [5, 5.41) is 9.57. The molecule has 0 spiro atoms. The summed E-state index contributed by atoms with van der Waals surface area (Å²) in [6.45, 7) is 7.48. The Bertz CT molecular complexity index is 2300. The van der Waals surface area contributed by atoms with Crippen LogP contribution >= 0.6 is 0 Å². The number of fused-ring (bicyclic) bond motifs is 2. The number of unbranched alkanes of at least 4 members (excludes halogenated alkanes) is 2. The molecule has 0 aromatic heterocycles. The quantitative estimate of drug-likeness (QED) is 0.0673. The van der Waals surface area contributed by atoms with Crippen molar-refractivity contribution in [1.82, 2.24) is 9.80 Å². The van der Waals surface area contributed by atoms with Crippen LogP contribution in [0.25, 0.3) is 43.1 Å². The Morgan fingerprint density at radius 2 is 1.10 bits per heavy atom. The van der Waals surface area contributed by atoms with Crippen LogP contribution in [0, 0.1) is 0 Å². The van der Waals surface area contributed by atoms with Crippen molar-refractivity contribution in [1.29, 1.82) is 0 Å². The third-order valence-corrected chi connectivity index (χ3v) is 11.1. The zero-order valence-corrected chi connectivity index (χ0v) is 29.2. The molecule has 6 nitrogen and oxygen atoms in total. The Morgan fingerprint density at radius 1 is 0.615 bits per heavy atom. The normalized spacial score (nSPS) is 17.8. The fourth-order valence-electron chi connectivity index (χ4n) is 8.70. The lowest BCUT2D eigenvalue weighted by Gasteiger charge is -2.40. The largest absolute Gasteiger partial charge is 0.417 e. The van der Waals surface area contributed by atoms with E-state index in [9.17, 15) is 19.5 Å². The lowest BCUT2D eigenvalue weighted by Crippen LogP contribution is -2.47. The van der Waals surface area contributed by atoms with Gasteiger partial charge in [0.25, 0.3) is 17.7 Å². The van der Waals surface area contributed by atoms with Gasteiger partial charge in [-0.2, -0.15) is 26.3 Å². The van der Waals surface area contributed by atoms with E-state index in [-0.39, 0.29) is 49.0 Å². The number of carbonyl (C=O) groups excluding carboxylic acids is 3. The Kier molecular flexibility index (Phi) is 8.71. The van der Waals surface area contributed by atoms with Crippen molar-refractivity contribution in [3.63, 3.8) is 0 Å². The predicted octanol–water partition coefficient (Wildman–Crippen LogP) is 10.8. The molecular formula is C40H38F6N2O4. The summed E-state index contributed by atoms with van der Waals surface area (Å²) in [5.41, 5.74) is -3.20. The minimum absolute atomic E-state index is 0.0493. The first-order chi connectivity index (χ1) is 24.6. The van der Waals surface area contributed by atoms with Gasteiger partial charge in [-0.05, 0) is 65.4 Å². The van der Waals surface area contributed by atoms with Gasteiger partial charge >= 0.3 is 12.4 Å². The Hall–Kier alpha value is -4.45. The van der Waals surface area contributed by atoms with Gasteiger partial charge in [0.05, 0.1) is 11.1 Å². The lowest BCUT2D eigenvalue weighted by molar-refractivity contribution is -0.137. The Labute approximate surface area is 295 Å². The van der Waals surface area contributed by atoms with Crippen molar-refractivity contribution in [2.24, 2.45) is 0 Å². The van der Waals surface area contributed by atoms with Crippen molar-refractivity contribution in [3.05, 3.63) is 69.8 Å². The summed E-state index contributed by atoms with van der Waals surface area (Å²) in [5.74, 6) is -2.48. The van der Waals surface area contributed by atoms with E-state index in [1.165, 1.54) is 29.2 Å². The first-order valence-corrected chi connectivity index (χ1v) is 17.9. The highest BCUT2D eigenvalue weighted by Gasteiger charge is 2.45. The topological polar surface area (TPSA) is 77.9 Å². The molecule has 0 aliphatic carbocycles. The monoisotopic (exact) mass is 724 g/mol. The molecule has 274 valence electrons. The van der Waals surface area contributed by atoms with E-state index < -0.39 is 75.8 Å². The number of aliphatic hydroxyl groups is 1. The highest BCUT2D eigenvalue weighted by Crippen LogP contribution is 2.54. The van der Waals surface area contributed by atoms with Gasteiger partial charge in [-0.1, -0.05) is 71.6 Å². The molecule has 2 aliphatic rings. The molecule has 3 amide bonds. The van der Waals surface area contributed by atoms with Gasteiger partial charge in [-0.25, -0.2) is 0 Å². The molecule has 2 heterocycles. The lowest BCUT2D eigenvalue weighted by atomic mass is 9.78. The number of rotatable bonds is 10. The van der Waals surface area contributed by atoms with Gasteiger partial charge < -0.3 is 10.0 Å². The predicted molar refractivity (Wildman–Crippen MR) is 186 cm³/mol. The van der Waals surface area contributed by atoms with Gasteiger partial charge in [0.2, 0.25) is 0 Å². The van der Waals surface area contributed by atoms with Gasteiger partial charge in [0.15, 0.2) is 6.23 Å². The van der Waals surface area contributed by atoms with Crippen LogP contribution in [0.1, 0.15) is 133 Å². The average Bonchev–Trinajstić information content (AvgIpc) is 3.10. The summed E-state index contributed by atoms with van der Waals surface area (Å²) < 4.78 is 91.5. The van der Waals surface area contributed by atoms with Crippen LogP contribution in [0.3, 0.4) is 0 Å². The summed E-state index contributed by atoms with van der Waals surface area (Å²) in [4.78, 5) is 44.5. The molecule has 3 atom stereocenters. The number of amides is 3. The van der Waals surface area contributed by atoms with Crippen LogP contribution in [0.5, 0.6) is 0 Å². The zero-order valence-electron chi connectivity index (χ0n) is 29.2. The zero-order chi connectivity index (χ0) is 37.6. The fourth-order valence-corrected chi connectivity index (χ4v) is 8.70. The van der Waals surface area contributed by atoms with Gasteiger partial charge in [0, 0.05) is 55.9 Å². The van der Waals surface area contributed by atoms with Crippen molar-refractivity contribution < 1.29 is 45.8 Å². The van der Waals surface area contributed by atoms with Gasteiger partial charge in [-0.3, -0.25) is 19.3 Å². The van der Waals surface area contributed by atoms with E-state index in [4.69, 9.17) is 0 Å².